The summed E-state index contributed by atoms with van der Waals surface area (Å²) in [7, 11) is 0. The van der Waals surface area contributed by atoms with E-state index in [1.54, 1.807) is 0 Å². The first kappa shape index (κ1) is 10.5. The van der Waals surface area contributed by atoms with E-state index in [0.717, 1.165) is 22.5 Å². The normalized spacial score (nSPS) is 10.6. The third-order valence-corrected chi connectivity index (χ3v) is 2.54. The largest absolute Gasteiger partial charge is 0.399 e. The van der Waals surface area contributed by atoms with Crippen LogP contribution >= 0.6 is 0 Å². The number of anilines is 2. The minimum Gasteiger partial charge on any atom is -0.399 e. The van der Waals surface area contributed by atoms with Gasteiger partial charge in [-0.1, -0.05) is 24.3 Å². The van der Waals surface area contributed by atoms with Gasteiger partial charge in [0.2, 0.25) is 0 Å². The molecule has 0 atom stereocenters. The molecule has 0 aliphatic carbocycles. The predicted octanol–water partition coefficient (Wildman–Crippen LogP) is 1.90. The summed E-state index contributed by atoms with van der Waals surface area (Å²) in [6, 6.07) is 15.0. The van der Waals surface area contributed by atoms with Crippen LogP contribution < -0.4 is 17.2 Å². The number of nitrogen functional groups attached to an aromatic ring is 2. The summed E-state index contributed by atoms with van der Waals surface area (Å²) in [5.74, 6) is 0. The average Bonchev–Trinajstić information content (AvgIpc) is 2.28. The molecule has 16 heavy (non-hydrogen) atoms. The molecule has 0 heterocycles. The zero-order chi connectivity index (χ0) is 11.5. The van der Waals surface area contributed by atoms with Crippen LogP contribution in [0.2, 0.25) is 0 Å². The Balaban J connectivity index is 2.35. The van der Waals surface area contributed by atoms with Gasteiger partial charge >= 0.3 is 0 Å². The molecule has 0 bridgehead atoms. The first-order valence-electron chi connectivity index (χ1n) is 5.13. The highest BCUT2D eigenvalue weighted by Gasteiger charge is 2.08. The van der Waals surface area contributed by atoms with E-state index in [4.69, 9.17) is 17.2 Å². The molecule has 3 heteroatoms. The van der Waals surface area contributed by atoms with E-state index >= 15 is 0 Å². The number of benzene rings is 2. The lowest BCUT2D eigenvalue weighted by atomic mass is 9.99. The first-order chi connectivity index (χ1) is 7.66. The molecule has 0 amide bonds. The highest BCUT2D eigenvalue weighted by Crippen LogP contribution is 2.22. The van der Waals surface area contributed by atoms with Crippen LogP contribution in [0.25, 0.3) is 0 Å². The molecule has 0 aliphatic rings. The van der Waals surface area contributed by atoms with Crippen molar-refractivity contribution in [2.24, 2.45) is 5.73 Å². The van der Waals surface area contributed by atoms with E-state index < -0.39 is 0 Å². The second-order valence-corrected chi connectivity index (χ2v) is 3.82. The summed E-state index contributed by atoms with van der Waals surface area (Å²) in [4.78, 5) is 0. The lowest BCUT2D eigenvalue weighted by molar-refractivity contribution is 0.873. The third-order valence-electron chi connectivity index (χ3n) is 2.54. The fourth-order valence-corrected chi connectivity index (χ4v) is 1.70. The molecule has 2 aromatic carbocycles. The quantitative estimate of drug-likeness (QED) is 0.667. The number of rotatable bonds is 2. The van der Waals surface area contributed by atoms with Gasteiger partial charge in [-0.25, -0.2) is 0 Å². The summed E-state index contributed by atoms with van der Waals surface area (Å²) < 4.78 is 0. The van der Waals surface area contributed by atoms with Gasteiger partial charge < -0.3 is 17.2 Å². The molecule has 0 aliphatic heterocycles. The van der Waals surface area contributed by atoms with Crippen molar-refractivity contribution in [1.82, 2.24) is 0 Å². The predicted molar refractivity (Wildman–Crippen MR) is 67.7 cm³/mol. The topological polar surface area (TPSA) is 78.1 Å². The molecule has 0 fully saturated rings. The lowest BCUT2D eigenvalue weighted by Gasteiger charge is -2.13. The minimum atomic E-state index is -0.188. The Labute approximate surface area is 94.9 Å². The van der Waals surface area contributed by atoms with E-state index in [1.165, 1.54) is 0 Å². The first-order valence-corrected chi connectivity index (χ1v) is 5.13. The SMILES string of the molecule is Nc1cccc(C(N)c2cccc(N)c2)c1. The fourth-order valence-electron chi connectivity index (χ4n) is 1.70. The second-order valence-electron chi connectivity index (χ2n) is 3.82. The van der Waals surface area contributed by atoms with Crippen LogP contribution in [-0.4, -0.2) is 0 Å². The van der Waals surface area contributed by atoms with E-state index in [9.17, 15) is 0 Å². The number of hydrogen-bond donors (Lipinski definition) is 3. The summed E-state index contributed by atoms with van der Waals surface area (Å²) in [5.41, 5.74) is 21.0. The van der Waals surface area contributed by atoms with Crippen molar-refractivity contribution < 1.29 is 0 Å². The summed E-state index contributed by atoms with van der Waals surface area (Å²) in [5, 5.41) is 0. The van der Waals surface area contributed by atoms with E-state index in [-0.39, 0.29) is 6.04 Å². The molecular weight excluding hydrogens is 198 g/mol. The van der Waals surface area contributed by atoms with Crippen LogP contribution in [0, 0.1) is 0 Å². The van der Waals surface area contributed by atoms with Gasteiger partial charge in [-0.15, -0.1) is 0 Å². The van der Waals surface area contributed by atoms with Gasteiger partial charge in [-0.2, -0.15) is 0 Å². The monoisotopic (exact) mass is 213 g/mol. The van der Waals surface area contributed by atoms with Gasteiger partial charge in [0.15, 0.2) is 0 Å². The Morgan fingerprint density at radius 3 is 1.56 bits per heavy atom. The highest BCUT2D eigenvalue weighted by molar-refractivity contribution is 5.47. The van der Waals surface area contributed by atoms with Crippen LogP contribution in [0.3, 0.4) is 0 Å². The molecule has 6 N–H and O–H groups in total. The minimum absolute atomic E-state index is 0.188. The smallest absolute Gasteiger partial charge is 0.0553 e. The average molecular weight is 213 g/mol. The van der Waals surface area contributed by atoms with Crippen molar-refractivity contribution in [2.75, 3.05) is 11.5 Å². The molecule has 0 radical (unpaired) electrons. The zero-order valence-corrected chi connectivity index (χ0v) is 8.93. The van der Waals surface area contributed by atoms with Gasteiger partial charge in [0.25, 0.3) is 0 Å². The Morgan fingerprint density at radius 1 is 0.750 bits per heavy atom. The standard InChI is InChI=1S/C13H15N3/c14-11-5-1-3-9(7-11)13(16)10-4-2-6-12(15)8-10/h1-8,13H,14-16H2. The zero-order valence-electron chi connectivity index (χ0n) is 8.93. The fraction of sp³-hybridized carbons (Fsp3) is 0.0769. The van der Waals surface area contributed by atoms with E-state index in [1.807, 2.05) is 48.5 Å². The summed E-state index contributed by atoms with van der Waals surface area (Å²) in [6.07, 6.45) is 0. The van der Waals surface area contributed by atoms with Crippen molar-refractivity contribution in [2.45, 2.75) is 6.04 Å². The van der Waals surface area contributed by atoms with Crippen LogP contribution in [0.4, 0.5) is 11.4 Å². The Morgan fingerprint density at radius 2 is 1.19 bits per heavy atom. The molecular formula is C13H15N3. The molecule has 2 aromatic rings. The van der Waals surface area contributed by atoms with Crippen LogP contribution in [0.5, 0.6) is 0 Å². The van der Waals surface area contributed by atoms with E-state index in [2.05, 4.69) is 0 Å². The van der Waals surface area contributed by atoms with Gasteiger partial charge in [0.05, 0.1) is 6.04 Å². The van der Waals surface area contributed by atoms with Gasteiger partial charge in [-0.05, 0) is 35.4 Å². The van der Waals surface area contributed by atoms with Crippen LogP contribution in [0.1, 0.15) is 17.2 Å². The van der Waals surface area contributed by atoms with Crippen molar-refractivity contribution in [3.05, 3.63) is 59.7 Å². The number of nitrogens with two attached hydrogens (primary N) is 3. The van der Waals surface area contributed by atoms with Crippen molar-refractivity contribution in [3.63, 3.8) is 0 Å². The van der Waals surface area contributed by atoms with Crippen LogP contribution in [-0.2, 0) is 0 Å². The molecule has 82 valence electrons. The molecule has 0 aromatic heterocycles. The van der Waals surface area contributed by atoms with Crippen LogP contribution in [0.15, 0.2) is 48.5 Å². The lowest BCUT2D eigenvalue weighted by Crippen LogP contribution is -2.12. The van der Waals surface area contributed by atoms with Crippen molar-refractivity contribution in [1.29, 1.82) is 0 Å². The second kappa shape index (κ2) is 4.24. The molecule has 2 rings (SSSR count). The molecule has 0 spiro atoms. The Hall–Kier alpha value is -2.00. The summed E-state index contributed by atoms with van der Waals surface area (Å²) in [6.45, 7) is 0. The molecule has 3 nitrogen and oxygen atoms in total. The molecule has 0 saturated carbocycles. The molecule has 0 unspecified atom stereocenters. The third kappa shape index (κ3) is 2.15. The molecule has 0 saturated heterocycles. The van der Waals surface area contributed by atoms with Gasteiger partial charge in [0.1, 0.15) is 0 Å². The van der Waals surface area contributed by atoms with Crippen molar-refractivity contribution in [3.8, 4) is 0 Å². The van der Waals surface area contributed by atoms with E-state index in [0.29, 0.717) is 0 Å². The highest BCUT2D eigenvalue weighted by atomic mass is 14.6. The maximum absolute atomic E-state index is 6.14. The Bertz CT molecular complexity index is 449. The number of hydrogen-bond acceptors (Lipinski definition) is 3. The van der Waals surface area contributed by atoms with Crippen molar-refractivity contribution >= 4 is 11.4 Å². The maximum atomic E-state index is 6.14. The maximum Gasteiger partial charge on any atom is 0.0553 e. The van der Waals surface area contributed by atoms with Gasteiger partial charge in [-0.3, -0.25) is 0 Å². The Kier molecular flexibility index (Phi) is 2.79. The summed E-state index contributed by atoms with van der Waals surface area (Å²) >= 11 is 0. The van der Waals surface area contributed by atoms with Gasteiger partial charge in [0, 0.05) is 11.4 Å².